The molecule has 2 aromatic heterocycles. The van der Waals surface area contributed by atoms with Crippen LogP contribution in [0.2, 0.25) is 0 Å². The topological polar surface area (TPSA) is 73.0 Å². The molecule has 2 aliphatic heterocycles. The molecule has 2 aliphatic rings. The van der Waals surface area contributed by atoms with Crippen LogP contribution >= 0.6 is 11.8 Å². The van der Waals surface area contributed by atoms with Crippen LogP contribution in [0.15, 0.2) is 29.6 Å². The van der Waals surface area contributed by atoms with Crippen molar-refractivity contribution in [3.8, 4) is 0 Å². The largest absolute Gasteiger partial charge is 0.347 e. The number of amides is 1. The van der Waals surface area contributed by atoms with Gasteiger partial charge < -0.3 is 20.5 Å². The molecule has 6 nitrogen and oxygen atoms in total. The number of anilines is 1. The van der Waals surface area contributed by atoms with E-state index in [2.05, 4.69) is 32.4 Å². The van der Waals surface area contributed by atoms with Crippen LogP contribution in [0.5, 0.6) is 0 Å². The van der Waals surface area contributed by atoms with Gasteiger partial charge in [-0.2, -0.15) is 0 Å². The van der Waals surface area contributed by atoms with Gasteiger partial charge in [-0.25, -0.2) is 4.98 Å². The molecule has 0 radical (unpaired) electrons. The van der Waals surface area contributed by atoms with Crippen molar-refractivity contribution in [2.45, 2.75) is 19.4 Å². The van der Waals surface area contributed by atoms with Gasteiger partial charge >= 0.3 is 0 Å². The molecule has 3 N–H and O–H groups in total. The SMILES string of the molecule is Cc1c[nH]c2nccc(N3C=C(C(=O)N[C@H]4CCNC4)SCC3)c12. The second kappa shape index (κ2) is 6.49. The van der Waals surface area contributed by atoms with Gasteiger partial charge in [0.1, 0.15) is 5.65 Å². The minimum absolute atomic E-state index is 0.0366. The van der Waals surface area contributed by atoms with E-state index in [9.17, 15) is 4.79 Å². The zero-order valence-corrected chi connectivity index (χ0v) is 14.4. The van der Waals surface area contributed by atoms with Gasteiger partial charge in [0, 0.05) is 48.9 Å². The Morgan fingerprint density at radius 2 is 2.42 bits per heavy atom. The van der Waals surface area contributed by atoms with E-state index in [0.29, 0.717) is 0 Å². The maximum Gasteiger partial charge on any atom is 0.259 e. The lowest BCUT2D eigenvalue weighted by molar-refractivity contribution is -0.117. The lowest BCUT2D eigenvalue weighted by atomic mass is 10.2. The van der Waals surface area contributed by atoms with Gasteiger partial charge in [0.25, 0.3) is 5.91 Å². The van der Waals surface area contributed by atoms with Crippen molar-refractivity contribution in [1.82, 2.24) is 20.6 Å². The highest BCUT2D eigenvalue weighted by molar-refractivity contribution is 8.04. The van der Waals surface area contributed by atoms with Gasteiger partial charge in [-0.1, -0.05) is 0 Å². The first-order valence-corrected chi connectivity index (χ1v) is 9.26. The molecule has 1 amide bonds. The van der Waals surface area contributed by atoms with Gasteiger partial charge in [0.2, 0.25) is 0 Å². The molecular weight excluding hydrogens is 322 g/mol. The highest BCUT2D eigenvalue weighted by atomic mass is 32.2. The fraction of sp³-hybridized carbons (Fsp3) is 0.412. The Hall–Kier alpha value is -1.99. The number of aromatic amines is 1. The maximum absolute atomic E-state index is 12.5. The van der Waals surface area contributed by atoms with Crippen molar-refractivity contribution in [1.29, 1.82) is 0 Å². The van der Waals surface area contributed by atoms with Crippen LogP contribution in [-0.4, -0.2) is 47.3 Å². The summed E-state index contributed by atoms with van der Waals surface area (Å²) in [6.45, 7) is 4.80. The quantitative estimate of drug-likeness (QED) is 0.792. The number of fused-ring (bicyclic) bond motifs is 1. The molecule has 1 saturated heterocycles. The standard InChI is InChI=1S/C17H21N5OS/c1-11-8-20-16-15(11)13(3-5-19-16)22-6-7-24-14(10-22)17(23)21-12-2-4-18-9-12/h3,5,8,10,12,18H,2,4,6-7,9H2,1H3,(H,19,20)(H,21,23)/t12-/m0/s1. The average Bonchev–Trinajstić information content (AvgIpc) is 3.25. The second-order valence-corrected chi connectivity index (χ2v) is 7.36. The average molecular weight is 343 g/mol. The third kappa shape index (κ3) is 2.89. The molecule has 0 unspecified atom stereocenters. The Morgan fingerprint density at radius 1 is 1.50 bits per heavy atom. The summed E-state index contributed by atoms with van der Waals surface area (Å²) in [4.78, 5) is 23.1. The summed E-state index contributed by atoms with van der Waals surface area (Å²) >= 11 is 1.63. The minimum Gasteiger partial charge on any atom is -0.347 e. The van der Waals surface area contributed by atoms with Crippen molar-refractivity contribution < 1.29 is 4.79 Å². The lowest BCUT2D eigenvalue weighted by Crippen LogP contribution is -2.38. The van der Waals surface area contributed by atoms with Crippen LogP contribution in [0, 0.1) is 6.92 Å². The van der Waals surface area contributed by atoms with Crippen molar-refractivity contribution >= 4 is 34.4 Å². The molecule has 7 heteroatoms. The molecule has 0 spiro atoms. The number of thioether (sulfide) groups is 1. The van der Waals surface area contributed by atoms with Gasteiger partial charge in [-0.05, 0) is 31.5 Å². The molecule has 0 saturated carbocycles. The number of pyridine rings is 1. The number of hydrogen-bond donors (Lipinski definition) is 3. The molecule has 126 valence electrons. The van der Waals surface area contributed by atoms with Crippen molar-refractivity contribution in [3.63, 3.8) is 0 Å². The van der Waals surface area contributed by atoms with Crippen molar-refractivity contribution in [2.24, 2.45) is 0 Å². The van der Waals surface area contributed by atoms with Crippen LogP contribution in [0.3, 0.4) is 0 Å². The molecule has 24 heavy (non-hydrogen) atoms. The zero-order chi connectivity index (χ0) is 16.5. The number of H-pyrrole nitrogens is 1. The Balaban J connectivity index is 1.61. The van der Waals surface area contributed by atoms with E-state index in [-0.39, 0.29) is 11.9 Å². The van der Waals surface area contributed by atoms with Gasteiger partial charge in [0.05, 0.1) is 10.6 Å². The summed E-state index contributed by atoms with van der Waals surface area (Å²) < 4.78 is 0. The zero-order valence-electron chi connectivity index (χ0n) is 13.6. The molecule has 4 rings (SSSR count). The predicted octanol–water partition coefficient (Wildman–Crippen LogP) is 1.74. The Labute approximate surface area is 145 Å². The number of aromatic nitrogens is 2. The van der Waals surface area contributed by atoms with Crippen LogP contribution in [0.4, 0.5) is 5.69 Å². The number of nitrogens with zero attached hydrogens (tertiary/aromatic N) is 2. The van der Waals surface area contributed by atoms with E-state index in [1.807, 2.05) is 24.7 Å². The number of carbonyl (C=O) groups excluding carboxylic acids is 1. The van der Waals surface area contributed by atoms with E-state index in [4.69, 9.17) is 0 Å². The van der Waals surface area contributed by atoms with Crippen LogP contribution in [0.1, 0.15) is 12.0 Å². The predicted molar refractivity (Wildman–Crippen MR) is 98.1 cm³/mol. The summed E-state index contributed by atoms with van der Waals surface area (Å²) in [6, 6.07) is 2.26. The highest BCUT2D eigenvalue weighted by Crippen LogP contribution is 2.32. The van der Waals surface area contributed by atoms with Gasteiger partial charge in [-0.15, -0.1) is 11.8 Å². The molecule has 1 atom stereocenters. The van der Waals surface area contributed by atoms with Crippen LogP contribution in [-0.2, 0) is 4.79 Å². The number of nitrogens with one attached hydrogen (secondary N) is 3. The maximum atomic E-state index is 12.5. The number of aryl methyl sites for hydroxylation is 1. The normalized spacial score (nSPS) is 21.1. The van der Waals surface area contributed by atoms with Gasteiger partial charge in [0.15, 0.2) is 0 Å². The Bertz CT molecular complexity index is 793. The van der Waals surface area contributed by atoms with E-state index in [1.165, 1.54) is 5.56 Å². The molecule has 0 bridgehead atoms. The highest BCUT2D eigenvalue weighted by Gasteiger charge is 2.23. The van der Waals surface area contributed by atoms with E-state index in [1.54, 1.807) is 11.8 Å². The number of carbonyl (C=O) groups is 1. The monoisotopic (exact) mass is 343 g/mol. The van der Waals surface area contributed by atoms with Crippen LogP contribution < -0.4 is 15.5 Å². The summed E-state index contributed by atoms with van der Waals surface area (Å²) in [5, 5.41) is 7.53. The molecule has 2 aromatic rings. The van der Waals surface area contributed by atoms with Crippen molar-refractivity contribution in [3.05, 3.63) is 35.1 Å². The molecule has 0 aliphatic carbocycles. The summed E-state index contributed by atoms with van der Waals surface area (Å²) in [5.41, 5.74) is 3.16. The van der Waals surface area contributed by atoms with E-state index < -0.39 is 0 Å². The first-order chi connectivity index (χ1) is 11.7. The van der Waals surface area contributed by atoms with Crippen molar-refractivity contribution in [2.75, 3.05) is 30.3 Å². The first-order valence-electron chi connectivity index (χ1n) is 8.28. The molecule has 1 fully saturated rings. The third-order valence-corrected chi connectivity index (χ3v) is 5.53. The minimum atomic E-state index is 0.0366. The molecule has 0 aromatic carbocycles. The second-order valence-electron chi connectivity index (χ2n) is 6.22. The number of hydrogen-bond acceptors (Lipinski definition) is 5. The lowest BCUT2D eigenvalue weighted by Gasteiger charge is -2.27. The first kappa shape index (κ1) is 15.5. The van der Waals surface area contributed by atoms with E-state index in [0.717, 1.165) is 53.4 Å². The summed E-state index contributed by atoms with van der Waals surface area (Å²) in [5.74, 6) is 0.935. The fourth-order valence-corrected chi connectivity index (χ4v) is 4.18. The third-order valence-electron chi connectivity index (χ3n) is 4.54. The Kier molecular flexibility index (Phi) is 4.20. The Morgan fingerprint density at radius 3 is 3.25 bits per heavy atom. The number of rotatable bonds is 3. The van der Waals surface area contributed by atoms with Crippen LogP contribution in [0.25, 0.3) is 11.0 Å². The summed E-state index contributed by atoms with van der Waals surface area (Å²) in [6.07, 6.45) is 6.77. The van der Waals surface area contributed by atoms with Gasteiger partial charge in [-0.3, -0.25) is 4.79 Å². The summed E-state index contributed by atoms with van der Waals surface area (Å²) in [7, 11) is 0. The smallest absolute Gasteiger partial charge is 0.259 e. The molecular formula is C17H21N5OS. The molecule has 4 heterocycles. The fourth-order valence-electron chi connectivity index (χ4n) is 3.28. The van der Waals surface area contributed by atoms with E-state index >= 15 is 0 Å².